The number of hydrogen-bond donors (Lipinski definition) is 4. The fourth-order valence-electron chi connectivity index (χ4n) is 1.92. The summed E-state index contributed by atoms with van der Waals surface area (Å²) >= 11 is 2.60. The van der Waals surface area contributed by atoms with E-state index in [2.05, 4.69) is 20.6 Å². The molecular formula is C15H19N5O5S2. The van der Waals surface area contributed by atoms with Gasteiger partial charge in [0.25, 0.3) is 0 Å². The van der Waals surface area contributed by atoms with E-state index in [4.69, 9.17) is 9.94 Å². The van der Waals surface area contributed by atoms with Crippen molar-refractivity contribution in [2.24, 2.45) is 0 Å². The number of thiazole rings is 2. The van der Waals surface area contributed by atoms with Crippen molar-refractivity contribution in [1.82, 2.24) is 20.8 Å². The van der Waals surface area contributed by atoms with E-state index in [1.54, 1.807) is 10.9 Å². The van der Waals surface area contributed by atoms with Gasteiger partial charge in [-0.1, -0.05) is 0 Å². The third-order valence-electron chi connectivity index (χ3n) is 3.31. The van der Waals surface area contributed by atoms with Crippen molar-refractivity contribution in [3.05, 3.63) is 27.2 Å². The summed E-state index contributed by atoms with van der Waals surface area (Å²) in [6, 6.07) is 0. The van der Waals surface area contributed by atoms with Gasteiger partial charge in [-0.05, 0) is 13.3 Å². The molecule has 0 aliphatic heterocycles. The van der Waals surface area contributed by atoms with Crippen molar-refractivity contribution in [2.45, 2.75) is 32.8 Å². The molecule has 0 saturated carbocycles. The Bertz CT molecular complexity index is 791. The highest BCUT2D eigenvalue weighted by atomic mass is 32.1. The Labute approximate surface area is 162 Å². The predicted molar refractivity (Wildman–Crippen MR) is 98.6 cm³/mol. The summed E-state index contributed by atoms with van der Waals surface area (Å²) in [6.45, 7) is 2.29. The second-order valence-electron chi connectivity index (χ2n) is 5.37. The third-order valence-corrected chi connectivity index (χ3v) is 5.02. The van der Waals surface area contributed by atoms with Gasteiger partial charge in [0.2, 0.25) is 11.8 Å². The number of aryl methyl sites for hydroxylation is 1. The van der Waals surface area contributed by atoms with Crippen LogP contribution in [0.5, 0.6) is 0 Å². The van der Waals surface area contributed by atoms with Gasteiger partial charge in [-0.15, -0.1) is 22.7 Å². The average Bonchev–Trinajstić information content (AvgIpc) is 3.25. The number of nitrogens with zero attached hydrogens (tertiary/aromatic N) is 2. The van der Waals surface area contributed by atoms with Crippen LogP contribution in [-0.4, -0.2) is 39.6 Å². The number of nitrogens with one attached hydrogen (secondary N) is 3. The van der Waals surface area contributed by atoms with Crippen LogP contribution in [0.25, 0.3) is 0 Å². The molecule has 27 heavy (non-hydrogen) atoms. The molecule has 2 aromatic rings. The number of ether oxygens (including phenoxy) is 1. The first kappa shape index (κ1) is 20.7. The SMILES string of the molecule is Cc1ncsc1COC(=O)Nc1nc(CC(=O)NCCCC(=O)NO)cs1. The fourth-order valence-corrected chi connectivity index (χ4v) is 3.31. The molecule has 0 unspecified atom stereocenters. The maximum absolute atomic E-state index is 11.8. The van der Waals surface area contributed by atoms with Gasteiger partial charge >= 0.3 is 6.09 Å². The Morgan fingerprint density at radius 1 is 1.26 bits per heavy atom. The molecule has 0 bridgehead atoms. The third kappa shape index (κ3) is 7.29. The Morgan fingerprint density at radius 3 is 2.78 bits per heavy atom. The van der Waals surface area contributed by atoms with E-state index in [0.29, 0.717) is 23.8 Å². The molecule has 0 fully saturated rings. The molecule has 146 valence electrons. The molecule has 0 atom stereocenters. The Kier molecular flexibility index (Phi) is 8.10. The van der Waals surface area contributed by atoms with Gasteiger partial charge in [-0.2, -0.15) is 0 Å². The van der Waals surface area contributed by atoms with Crippen LogP contribution in [0.4, 0.5) is 9.93 Å². The highest BCUT2D eigenvalue weighted by Crippen LogP contribution is 2.17. The first-order valence-electron chi connectivity index (χ1n) is 7.94. The molecular weight excluding hydrogens is 394 g/mol. The lowest BCUT2D eigenvalue weighted by Gasteiger charge is -2.04. The Hall–Kier alpha value is -2.57. The van der Waals surface area contributed by atoms with Gasteiger partial charge in [-0.3, -0.25) is 20.1 Å². The molecule has 12 heteroatoms. The highest BCUT2D eigenvalue weighted by molar-refractivity contribution is 7.14. The van der Waals surface area contributed by atoms with Crippen LogP contribution in [0.2, 0.25) is 0 Å². The summed E-state index contributed by atoms with van der Waals surface area (Å²) < 4.78 is 5.11. The minimum atomic E-state index is -0.629. The maximum Gasteiger partial charge on any atom is 0.413 e. The molecule has 2 rings (SSSR count). The minimum absolute atomic E-state index is 0.0550. The molecule has 0 radical (unpaired) electrons. The highest BCUT2D eigenvalue weighted by Gasteiger charge is 2.11. The lowest BCUT2D eigenvalue weighted by atomic mass is 10.3. The topological polar surface area (TPSA) is 143 Å². The second-order valence-corrected chi connectivity index (χ2v) is 7.17. The summed E-state index contributed by atoms with van der Waals surface area (Å²) in [7, 11) is 0. The summed E-state index contributed by atoms with van der Waals surface area (Å²) in [4.78, 5) is 43.6. The van der Waals surface area contributed by atoms with Crippen molar-refractivity contribution in [3.8, 4) is 0 Å². The van der Waals surface area contributed by atoms with Gasteiger partial charge in [0.05, 0.1) is 28.2 Å². The Morgan fingerprint density at radius 2 is 2.07 bits per heavy atom. The van der Waals surface area contributed by atoms with Crippen LogP contribution in [-0.2, 0) is 27.4 Å². The van der Waals surface area contributed by atoms with Crippen LogP contribution in [0, 0.1) is 6.92 Å². The van der Waals surface area contributed by atoms with E-state index in [0.717, 1.165) is 10.6 Å². The standard InChI is InChI=1S/C15H19N5O5S2/c1-9-11(27-8-17-9)6-25-15(23)19-14-18-10(7-26-14)5-13(22)16-4-2-3-12(21)20-24/h7-8,24H,2-6H2,1H3,(H,16,22)(H,20,21)(H,18,19,23). The molecule has 0 aliphatic carbocycles. The zero-order valence-electron chi connectivity index (χ0n) is 14.5. The molecule has 0 spiro atoms. The summed E-state index contributed by atoms with van der Waals surface area (Å²) in [5, 5.41) is 15.5. The first-order valence-corrected chi connectivity index (χ1v) is 9.70. The molecule has 3 amide bonds. The fraction of sp³-hybridized carbons (Fsp3) is 0.400. The molecule has 4 N–H and O–H groups in total. The average molecular weight is 413 g/mol. The van der Waals surface area contributed by atoms with Gasteiger partial charge < -0.3 is 10.1 Å². The summed E-state index contributed by atoms with van der Waals surface area (Å²) in [5.41, 5.74) is 4.55. The van der Waals surface area contributed by atoms with E-state index in [-0.39, 0.29) is 25.4 Å². The number of rotatable bonds is 9. The van der Waals surface area contributed by atoms with Crippen LogP contribution in [0.3, 0.4) is 0 Å². The van der Waals surface area contributed by atoms with Crippen molar-refractivity contribution < 1.29 is 24.3 Å². The lowest BCUT2D eigenvalue weighted by Crippen LogP contribution is -2.27. The predicted octanol–water partition coefficient (Wildman–Crippen LogP) is 1.60. The monoisotopic (exact) mass is 413 g/mol. The van der Waals surface area contributed by atoms with E-state index in [1.807, 2.05) is 6.92 Å². The molecule has 10 nitrogen and oxygen atoms in total. The number of hydroxylamine groups is 1. The van der Waals surface area contributed by atoms with E-state index >= 15 is 0 Å². The molecule has 2 aromatic heterocycles. The zero-order valence-corrected chi connectivity index (χ0v) is 16.1. The number of anilines is 1. The first-order chi connectivity index (χ1) is 13.0. The van der Waals surface area contributed by atoms with E-state index in [9.17, 15) is 14.4 Å². The number of carbonyl (C=O) groups excluding carboxylic acids is 3. The number of aromatic nitrogens is 2. The van der Waals surface area contributed by atoms with Crippen LogP contribution in [0.1, 0.15) is 29.1 Å². The maximum atomic E-state index is 11.8. The van der Waals surface area contributed by atoms with Crippen LogP contribution in [0.15, 0.2) is 10.9 Å². The van der Waals surface area contributed by atoms with Crippen molar-refractivity contribution in [1.29, 1.82) is 0 Å². The Balaban J connectivity index is 1.69. The van der Waals surface area contributed by atoms with Crippen molar-refractivity contribution in [2.75, 3.05) is 11.9 Å². The van der Waals surface area contributed by atoms with Crippen molar-refractivity contribution in [3.63, 3.8) is 0 Å². The van der Waals surface area contributed by atoms with Gasteiger partial charge in [0.15, 0.2) is 5.13 Å². The van der Waals surface area contributed by atoms with Gasteiger partial charge in [0.1, 0.15) is 6.61 Å². The number of carbonyl (C=O) groups is 3. The minimum Gasteiger partial charge on any atom is -0.443 e. The van der Waals surface area contributed by atoms with E-state index < -0.39 is 12.0 Å². The molecule has 0 aliphatic rings. The largest absolute Gasteiger partial charge is 0.443 e. The quantitative estimate of drug-likeness (QED) is 0.278. The number of amides is 3. The van der Waals surface area contributed by atoms with E-state index in [1.165, 1.54) is 28.2 Å². The second kappa shape index (κ2) is 10.5. The molecule has 2 heterocycles. The molecule has 0 aromatic carbocycles. The zero-order chi connectivity index (χ0) is 19.6. The summed E-state index contributed by atoms with van der Waals surface area (Å²) in [5.74, 6) is -0.753. The van der Waals surface area contributed by atoms with Gasteiger partial charge in [-0.25, -0.2) is 20.2 Å². The summed E-state index contributed by atoms with van der Waals surface area (Å²) in [6.07, 6.45) is -0.0487. The van der Waals surface area contributed by atoms with Crippen LogP contribution < -0.4 is 16.1 Å². The van der Waals surface area contributed by atoms with Crippen molar-refractivity contribution >= 4 is 45.7 Å². The van der Waals surface area contributed by atoms with Gasteiger partial charge in [0, 0.05) is 18.3 Å². The normalized spacial score (nSPS) is 10.3. The molecule has 0 saturated heterocycles. The smallest absolute Gasteiger partial charge is 0.413 e. The van der Waals surface area contributed by atoms with Crippen LogP contribution >= 0.6 is 22.7 Å². The lowest BCUT2D eigenvalue weighted by molar-refractivity contribution is -0.129. The number of hydrogen-bond acceptors (Lipinski definition) is 9.